The number of hydrogen-bond donors (Lipinski definition) is 2. The molecular formula is C20H31N5O4. The minimum Gasteiger partial charge on any atom is -0.356 e. The van der Waals surface area contributed by atoms with Crippen molar-refractivity contribution in [1.82, 2.24) is 15.1 Å². The average Bonchev–Trinajstić information content (AvgIpc) is 3.26. The molecular weight excluding hydrogens is 374 g/mol. The van der Waals surface area contributed by atoms with E-state index in [4.69, 9.17) is 11.0 Å². The van der Waals surface area contributed by atoms with Crippen molar-refractivity contribution in [3.05, 3.63) is 0 Å². The Labute approximate surface area is 171 Å². The number of rotatable bonds is 10. The average molecular weight is 405 g/mol. The SMILES string of the molecule is CC1CC(=O)N(CCCC(=O)NCCCC[C@H](N)C(=O)N2CCC[C@H]2C#N)C1=O. The van der Waals surface area contributed by atoms with Crippen LogP contribution in [-0.2, 0) is 19.2 Å². The molecule has 0 saturated carbocycles. The molecule has 2 saturated heterocycles. The van der Waals surface area contributed by atoms with Crippen LogP contribution in [0.4, 0.5) is 0 Å². The molecule has 2 rings (SSSR count). The Morgan fingerprint density at radius 2 is 2.07 bits per heavy atom. The monoisotopic (exact) mass is 405 g/mol. The Morgan fingerprint density at radius 1 is 1.31 bits per heavy atom. The van der Waals surface area contributed by atoms with Gasteiger partial charge >= 0.3 is 0 Å². The molecule has 4 amide bonds. The van der Waals surface area contributed by atoms with Gasteiger partial charge in [-0.2, -0.15) is 5.26 Å². The molecule has 0 aliphatic carbocycles. The van der Waals surface area contributed by atoms with Crippen LogP contribution in [0.1, 0.15) is 58.3 Å². The van der Waals surface area contributed by atoms with E-state index in [-0.39, 0.29) is 55.0 Å². The molecule has 0 radical (unpaired) electrons. The van der Waals surface area contributed by atoms with E-state index in [1.165, 1.54) is 4.90 Å². The third-order valence-electron chi connectivity index (χ3n) is 5.52. The van der Waals surface area contributed by atoms with Crippen molar-refractivity contribution in [2.75, 3.05) is 19.6 Å². The normalized spacial score (nSPS) is 22.7. The van der Waals surface area contributed by atoms with Gasteiger partial charge < -0.3 is 16.0 Å². The van der Waals surface area contributed by atoms with Gasteiger partial charge in [-0.15, -0.1) is 0 Å². The zero-order chi connectivity index (χ0) is 21.4. The Morgan fingerprint density at radius 3 is 2.72 bits per heavy atom. The van der Waals surface area contributed by atoms with Crippen LogP contribution in [0.2, 0.25) is 0 Å². The highest BCUT2D eigenvalue weighted by Crippen LogP contribution is 2.19. The van der Waals surface area contributed by atoms with Crippen molar-refractivity contribution >= 4 is 23.6 Å². The number of nitrogens with two attached hydrogens (primary N) is 1. The molecule has 3 N–H and O–H groups in total. The molecule has 2 aliphatic heterocycles. The van der Waals surface area contributed by atoms with Gasteiger partial charge in [-0.25, -0.2) is 0 Å². The summed E-state index contributed by atoms with van der Waals surface area (Å²) in [7, 11) is 0. The van der Waals surface area contributed by atoms with Crippen LogP contribution in [-0.4, -0.2) is 65.1 Å². The summed E-state index contributed by atoms with van der Waals surface area (Å²) >= 11 is 0. The van der Waals surface area contributed by atoms with Crippen molar-refractivity contribution in [2.24, 2.45) is 11.7 Å². The van der Waals surface area contributed by atoms with Crippen LogP contribution in [0, 0.1) is 17.2 Å². The van der Waals surface area contributed by atoms with E-state index in [1.54, 1.807) is 11.8 Å². The lowest BCUT2D eigenvalue weighted by Crippen LogP contribution is -2.45. The first kappa shape index (κ1) is 22.8. The number of carbonyl (C=O) groups excluding carboxylic acids is 4. The summed E-state index contributed by atoms with van der Waals surface area (Å²) in [6.45, 7) is 3.10. The second-order valence-corrected chi connectivity index (χ2v) is 7.86. The van der Waals surface area contributed by atoms with E-state index in [0.29, 0.717) is 45.2 Å². The van der Waals surface area contributed by atoms with Gasteiger partial charge in [0.1, 0.15) is 6.04 Å². The van der Waals surface area contributed by atoms with Gasteiger partial charge in [0.25, 0.3) is 0 Å². The first-order valence-corrected chi connectivity index (χ1v) is 10.4. The van der Waals surface area contributed by atoms with E-state index >= 15 is 0 Å². The maximum absolute atomic E-state index is 12.3. The number of unbranched alkanes of at least 4 members (excludes halogenated alkanes) is 1. The first-order valence-electron chi connectivity index (χ1n) is 10.4. The number of amides is 4. The summed E-state index contributed by atoms with van der Waals surface area (Å²) in [4.78, 5) is 50.5. The lowest BCUT2D eigenvalue weighted by molar-refractivity contribution is -0.139. The van der Waals surface area contributed by atoms with E-state index < -0.39 is 6.04 Å². The number of nitriles is 1. The predicted octanol–water partition coefficient (Wildman–Crippen LogP) is 0.290. The van der Waals surface area contributed by atoms with Crippen LogP contribution in [0.15, 0.2) is 0 Å². The number of carbonyl (C=O) groups is 4. The molecule has 0 aromatic rings. The quantitative estimate of drug-likeness (QED) is 0.396. The topological polar surface area (TPSA) is 137 Å². The Kier molecular flexibility index (Phi) is 8.58. The fourth-order valence-corrected chi connectivity index (χ4v) is 3.79. The molecule has 0 spiro atoms. The second kappa shape index (κ2) is 10.9. The Balaban J connectivity index is 1.54. The number of hydrogen-bond acceptors (Lipinski definition) is 6. The smallest absolute Gasteiger partial charge is 0.240 e. The van der Waals surface area contributed by atoms with Gasteiger partial charge in [0.2, 0.25) is 23.6 Å². The third kappa shape index (κ3) is 6.26. The molecule has 1 unspecified atom stereocenters. The fourth-order valence-electron chi connectivity index (χ4n) is 3.79. The number of likely N-dealkylation sites (tertiary alicyclic amines) is 2. The lowest BCUT2D eigenvalue weighted by Gasteiger charge is -2.23. The zero-order valence-electron chi connectivity index (χ0n) is 17.1. The largest absolute Gasteiger partial charge is 0.356 e. The molecule has 9 nitrogen and oxygen atoms in total. The van der Waals surface area contributed by atoms with E-state index in [1.807, 2.05) is 0 Å². The minimum atomic E-state index is -0.613. The van der Waals surface area contributed by atoms with Crippen molar-refractivity contribution < 1.29 is 19.2 Å². The van der Waals surface area contributed by atoms with Gasteiger partial charge in [0.05, 0.1) is 12.1 Å². The molecule has 2 fully saturated rings. The minimum absolute atomic E-state index is 0.119. The summed E-state index contributed by atoms with van der Waals surface area (Å²) < 4.78 is 0. The second-order valence-electron chi connectivity index (χ2n) is 7.86. The van der Waals surface area contributed by atoms with Crippen LogP contribution in [0.3, 0.4) is 0 Å². The van der Waals surface area contributed by atoms with Crippen LogP contribution in [0.5, 0.6) is 0 Å². The molecule has 0 aromatic heterocycles. The summed E-state index contributed by atoms with van der Waals surface area (Å²) in [5, 5.41) is 11.9. The summed E-state index contributed by atoms with van der Waals surface area (Å²) in [6, 6.07) is 1.17. The summed E-state index contributed by atoms with van der Waals surface area (Å²) in [5.74, 6) is -0.865. The maximum Gasteiger partial charge on any atom is 0.240 e. The van der Waals surface area contributed by atoms with Crippen molar-refractivity contribution in [3.63, 3.8) is 0 Å². The number of nitrogens with one attached hydrogen (secondary N) is 1. The molecule has 160 valence electrons. The van der Waals surface area contributed by atoms with Gasteiger partial charge in [-0.1, -0.05) is 6.92 Å². The van der Waals surface area contributed by atoms with Gasteiger partial charge in [0, 0.05) is 38.4 Å². The highest BCUT2D eigenvalue weighted by molar-refractivity contribution is 6.03. The number of imide groups is 1. The fraction of sp³-hybridized carbons (Fsp3) is 0.750. The highest BCUT2D eigenvalue weighted by Gasteiger charge is 2.35. The van der Waals surface area contributed by atoms with Gasteiger partial charge in [0.15, 0.2) is 0 Å². The Hall–Kier alpha value is -2.47. The molecule has 3 atom stereocenters. The molecule has 9 heteroatoms. The first-order chi connectivity index (χ1) is 13.8. The van der Waals surface area contributed by atoms with Crippen LogP contribution in [0.25, 0.3) is 0 Å². The highest BCUT2D eigenvalue weighted by atomic mass is 16.2. The van der Waals surface area contributed by atoms with E-state index in [0.717, 1.165) is 6.42 Å². The molecule has 2 aliphatic rings. The van der Waals surface area contributed by atoms with Crippen LogP contribution < -0.4 is 11.1 Å². The van der Waals surface area contributed by atoms with Gasteiger partial charge in [-0.3, -0.25) is 24.1 Å². The predicted molar refractivity (Wildman–Crippen MR) is 105 cm³/mol. The van der Waals surface area contributed by atoms with Crippen molar-refractivity contribution in [1.29, 1.82) is 5.26 Å². The Bertz CT molecular complexity index is 674. The molecule has 29 heavy (non-hydrogen) atoms. The van der Waals surface area contributed by atoms with Crippen molar-refractivity contribution in [2.45, 2.75) is 70.4 Å². The summed E-state index contributed by atoms with van der Waals surface area (Å²) in [5.41, 5.74) is 5.97. The van der Waals surface area contributed by atoms with E-state index in [9.17, 15) is 19.2 Å². The number of nitrogens with zero attached hydrogens (tertiary/aromatic N) is 3. The molecule has 2 heterocycles. The molecule has 0 bridgehead atoms. The standard InChI is InChI=1S/C20H31N5O4/c1-14-12-18(27)25(19(14)28)11-5-8-17(26)23-9-3-2-7-16(22)20(29)24-10-4-6-15(24)13-21/h14-16H,2-12,22H2,1H3,(H,23,26)/t14?,15-,16-/m0/s1. The summed E-state index contributed by atoms with van der Waals surface area (Å²) in [6.07, 6.45) is 4.43. The van der Waals surface area contributed by atoms with E-state index in [2.05, 4.69) is 11.4 Å². The maximum atomic E-state index is 12.3. The lowest BCUT2D eigenvalue weighted by atomic mass is 10.1. The molecule has 0 aromatic carbocycles. The third-order valence-corrected chi connectivity index (χ3v) is 5.52. The zero-order valence-corrected chi connectivity index (χ0v) is 17.1. The van der Waals surface area contributed by atoms with Crippen LogP contribution >= 0.6 is 0 Å². The van der Waals surface area contributed by atoms with Gasteiger partial charge in [-0.05, 0) is 38.5 Å². The van der Waals surface area contributed by atoms with Crippen molar-refractivity contribution in [3.8, 4) is 6.07 Å².